The molecule has 0 aliphatic carbocycles. The Labute approximate surface area is 168 Å². The standard InChI is InChI=1S/C22H34N4O2/c1-5-13-25(14-6-2)21(27)16-26-19-12-10-9-11-18(19)24-20(26)15-23-22(28)17(7-3)8-4/h9-12,17H,5-8,13-16H2,1-4H3,(H,23,28). The number of carbonyl (C=O) groups excluding carboxylic acids is 2. The second-order valence-electron chi connectivity index (χ2n) is 7.21. The van der Waals surface area contributed by atoms with Crippen LogP contribution in [-0.2, 0) is 22.7 Å². The van der Waals surface area contributed by atoms with Crippen molar-refractivity contribution in [3.05, 3.63) is 30.1 Å². The average molecular weight is 387 g/mol. The topological polar surface area (TPSA) is 67.2 Å². The minimum Gasteiger partial charge on any atom is -0.349 e. The summed E-state index contributed by atoms with van der Waals surface area (Å²) in [5.41, 5.74) is 1.77. The number of aromatic nitrogens is 2. The Morgan fingerprint density at radius 1 is 1.07 bits per heavy atom. The van der Waals surface area contributed by atoms with Gasteiger partial charge >= 0.3 is 0 Å². The van der Waals surface area contributed by atoms with Gasteiger partial charge in [0.2, 0.25) is 11.8 Å². The first kappa shape index (κ1) is 21.9. The number of rotatable bonds is 11. The fraction of sp³-hybridized carbons (Fsp3) is 0.591. The van der Waals surface area contributed by atoms with Gasteiger partial charge in [0.15, 0.2) is 0 Å². The van der Waals surface area contributed by atoms with E-state index in [1.54, 1.807) is 0 Å². The van der Waals surface area contributed by atoms with Gasteiger partial charge in [0, 0.05) is 19.0 Å². The van der Waals surface area contributed by atoms with Crippen LogP contribution in [0.25, 0.3) is 11.0 Å². The number of imidazole rings is 1. The highest BCUT2D eigenvalue weighted by molar-refractivity contribution is 5.82. The maximum absolute atomic E-state index is 12.9. The quantitative estimate of drug-likeness (QED) is 0.640. The highest BCUT2D eigenvalue weighted by Gasteiger charge is 2.19. The van der Waals surface area contributed by atoms with Crippen molar-refractivity contribution in [2.45, 2.75) is 66.5 Å². The van der Waals surface area contributed by atoms with Gasteiger partial charge in [-0.25, -0.2) is 4.98 Å². The fourth-order valence-electron chi connectivity index (χ4n) is 3.54. The number of hydrogen-bond donors (Lipinski definition) is 1. The molecule has 0 aliphatic rings. The monoisotopic (exact) mass is 386 g/mol. The first-order chi connectivity index (χ1) is 13.5. The predicted octanol–water partition coefficient (Wildman–Crippen LogP) is 3.74. The second-order valence-corrected chi connectivity index (χ2v) is 7.21. The van der Waals surface area contributed by atoms with Gasteiger partial charge in [-0.15, -0.1) is 0 Å². The molecule has 2 amide bonds. The average Bonchev–Trinajstić information content (AvgIpc) is 3.04. The zero-order valence-electron chi connectivity index (χ0n) is 17.7. The Bertz CT molecular complexity index is 774. The van der Waals surface area contributed by atoms with E-state index in [0.29, 0.717) is 6.54 Å². The van der Waals surface area contributed by atoms with E-state index >= 15 is 0 Å². The third-order valence-corrected chi connectivity index (χ3v) is 5.14. The molecule has 1 heterocycles. The van der Waals surface area contributed by atoms with Crippen molar-refractivity contribution in [2.75, 3.05) is 13.1 Å². The van der Waals surface area contributed by atoms with Crippen LogP contribution in [0.3, 0.4) is 0 Å². The molecule has 0 radical (unpaired) electrons. The van der Waals surface area contributed by atoms with Crippen LogP contribution >= 0.6 is 0 Å². The molecule has 0 atom stereocenters. The lowest BCUT2D eigenvalue weighted by Crippen LogP contribution is -2.36. The third-order valence-electron chi connectivity index (χ3n) is 5.14. The lowest BCUT2D eigenvalue weighted by molar-refractivity contribution is -0.131. The van der Waals surface area contributed by atoms with Gasteiger partial charge in [0.05, 0.1) is 17.6 Å². The highest BCUT2D eigenvalue weighted by Crippen LogP contribution is 2.17. The molecule has 1 N–H and O–H groups in total. The van der Waals surface area contributed by atoms with Crippen molar-refractivity contribution in [3.63, 3.8) is 0 Å². The number of hydrogen-bond acceptors (Lipinski definition) is 3. The molecular weight excluding hydrogens is 352 g/mol. The van der Waals surface area contributed by atoms with E-state index in [1.807, 2.05) is 47.6 Å². The van der Waals surface area contributed by atoms with Crippen molar-refractivity contribution in [2.24, 2.45) is 5.92 Å². The molecule has 0 aliphatic heterocycles. The Morgan fingerprint density at radius 2 is 1.71 bits per heavy atom. The Morgan fingerprint density at radius 3 is 2.32 bits per heavy atom. The summed E-state index contributed by atoms with van der Waals surface area (Å²) in [5.74, 6) is 0.888. The smallest absolute Gasteiger partial charge is 0.242 e. The molecule has 0 bridgehead atoms. The zero-order valence-corrected chi connectivity index (χ0v) is 17.7. The number of fused-ring (bicyclic) bond motifs is 1. The van der Waals surface area contributed by atoms with Crippen molar-refractivity contribution in [1.82, 2.24) is 19.8 Å². The van der Waals surface area contributed by atoms with Crippen LogP contribution < -0.4 is 5.32 Å². The lowest BCUT2D eigenvalue weighted by Gasteiger charge is -2.22. The van der Waals surface area contributed by atoms with Gasteiger partial charge in [-0.1, -0.05) is 39.8 Å². The zero-order chi connectivity index (χ0) is 20.5. The van der Waals surface area contributed by atoms with E-state index < -0.39 is 0 Å². The molecule has 0 spiro atoms. The first-order valence-corrected chi connectivity index (χ1v) is 10.5. The molecule has 154 valence electrons. The summed E-state index contributed by atoms with van der Waals surface area (Å²) in [6, 6.07) is 7.81. The Kier molecular flexibility index (Phi) is 8.48. The number of para-hydroxylation sites is 2. The summed E-state index contributed by atoms with van der Waals surface area (Å²) in [7, 11) is 0. The molecule has 2 rings (SSSR count). The number of nitrogens with zero attached hydrogens (tertiary/aromatic N) is 3. The van der Waals surface area contributed by atoms with Crippen molar-refractivity contribution in [1.29, 1.82) is 0 Å². The van der Waals surface area contributed by atoms with E-state index in [4.69, 9.17) is 0 Å². The minimum absolute atomic E-state index is 0.0176. The Hall–Kier alpha value is -2.37. The van der Waals surface area contributed by atoms with Crippen molar-refractivity contribution in [3.8, 4) is 0 Å². The van der Waals surface area contributed by atoms with Crippen LogP contribution in [0, 0.1) is 5.92 Å². The highest BCUT2D eigenvalue weighted by atomic mass is 16.2. The van der Waals surface area contributed by atoms with Gasteiger partial charge in [0.1, 0.15) is 12.4 Å². The van der Waals surface area contributed by atoms with E-state index in [-0.39, 0.29) is 24.3 Å². The largest absolute Gasteiger partial charge is 0.349 e. The predicted molar refractivity (Wildman–Crippen MR) is 113 cm³/mol. The molecular formula is C22H34N4O2. The van der Waals surface area contributed by atoms with Crippen molar-refractivity contribution < 1.29 is 9.59 Å². The molecule has 0 saturated carbocycles. The van der Waals surface area contributed by atoms with Crippen LogP contribution in [0.5, 0.6) is 0 Å². The Balaban J connectivity index is 2.24. The molecule has 0 unspecified atom stereocenters. The number of benzene rings is 1. The van der Waals surface area contributed by atoms with E-state index in [2.05, 4.69) is 24.1 Å². The van der Waals surface area contributed by atoms with Crippen LogP contribution in [0.1, 0.15) is 59.2 Å². The number of carbonyl (C=O) groups is 2. The maximum Gasteiger partial charge on any atom is 0.242 e. The summed E-state index contributed by atoms with van der Waals surface area (Å²) in [6.45, 7) is 10.3. The van der Waals surface area contributed by atoms with Crippen LogP contribution in [0.15, 0.2) is 24.3 Å². The number of nitrogens with one attached hydrogen (secondary N) is 1. The minimum atomic E-state index is 0.0176. The van der Waals surface area contributed by atoms with E-state index in [0.717, 1.165) is 55.6 Å². The molecule has 0 saturated heterocycles. The van der Waals surface area contributed by atoms with E-state index in [1.165, 1.54) is 0 Å². The van der Waals surface area contributed by atoms with Gasteiger partial charge in [-0.3, -0.25) is 9.59 Å². The normalized spacial score (nSPS) is 11.2. The third kappa shape index (κ3) is 5.33. The van der Waals surface area contributed by atoms with E-state index in [9.17, 15) is 9.59 Å². The van der Waals surface area contributed by atoms with Crippen molar-refractivity contribution >= 4 is 22.8 Å². The lowest BCUT2D eigenvalue weighted by atomic mass is 10.0. The molecule has 2 aromatic rings. The SMILES string of the molecule is CCCN(CCC)C(=O)Cn1c(CNC(=O)C(CC)CC)nc2ccccc21. The van der Waals surface area contributed by atoms with Gasteiger partial charge in [-0.05, 0) is 37.8 Å². The molecule has 6 heteroatoms. The first-order valence-electron chi connectivity index (χ1n) is 10.5. The molecule has 6 nitrogen and oxygen atoms in total. The number of amides is 2. The molecule has 28 heavy (non-hydrogen) atoms. The molecule has 0 fully saturated rings. The summed E-state index contributed by atoms with van der Waals surface area (Å²) >= 11 is 0. The van der Waals surface area contributed by atoms with Gasteiger partial charge < -0.3 is 14.8 Å². The summed E-state index contributed by atoms with van der Waals surface area (Å²) in [6.07, 6.45) is 3.52. The summed E-state index contributed by atoms with van der Waals surface area (Å²) in [5, 5.41) is 3.01. The molecule has 1 aromatic carbocycles. The summed E-state index contributed by atoms with van der Waals surface area (Å²) < 4.78 is 1.95. The fourth-order valence-corrected chi connectivity index (χ4v) is 3.54. The van der Waals surface area contributed by atoms with Gasteiger partial charge in [0.25, 0.3) is 0 Å². The summed E-state index contributed by atoms with van der Waals surface area (Å²) in [4.78, 5) is 31.9. The van der Waals surface area contributed by atoms with Crippen LogP contribution in [0.2, 0.25) is 0 Å². The van der Waals surface area contributed by atoms with Crippen LogP contribution in [-0.4, -0.2) is 39.4 Å². The van der Waals surface area contributed by atoms with Gasteiger partial charge in [-0.2, -0.15) is 0 Å². The maximum atomic E-state index is 12.9. The van der Waals surface area contributed by atoms with Crippen LogP contribution in [0.4, 0.5) is 0 Å². The molecule has 1 aromatic heterocycles. The second kappa shape index (κ2) is 10.8.